The molecule has 1 aromatic rings. The molecule has 1 aromatic carbocycles. The number of benzene rings is 1. The number of rotatable bonds is 3. The lowest BCUT2D eigenvalue weighted by Gasteiger charge is -2.34. The van der Waals surface area contributed by atoms with Gasteiger partial charge in [-0.05, 0) is 49.3 Å². The predicted molar refractivity (Wildman–Crippen MR) is 74.5 cm³/mol. The third-order valence-corrected chi connectivity index (χ3v) is 3.81. The smallest absolute Gasteiger partial charge is 0.339 e. The molecule has 0 spiro atoms. The highest BCUT2D eigenvalue weighted by Crippen LogP contribution is 2.37. The van der Waals surface area contributed by atoms with Crippen molar-refractivity contribution < 1.29 is 14.6 Å². The Hall–Kier alpha value is -1.71. The van der Waals surface area contributed by atoms with Crippen LogP contribution in [0.2, 0.25) is 0 Å². The molecule has 0 aliphatic heterocycles. The molecular formula is C15H21NO3. The van der Waals surface area contributed by atoms with Crippen molar-refractivity contribution in [3.63, 3.8) is 0 Å². The monoisotopic (exact) mass is 263 g/mol. The number of nitrogen functional groups attached to an aromatic ring is 1. The maximum atomic E-state index is 11.2. The first-order chi connectivity index (χ1) is 8.87. The summed E-state index contributed by atoms with van der Waals surface area (Å²) in [6.07, 6.45) is 4.26. The van der Waals surface area contributed by atoms with E-state index in [1.54, 1.807) is 12.1 Å². The van der Waals surface area contributed by atoms with Gasteiger partial charge in [0.1, 0.15) is 11.3 Å². The molecule has 1 aliphatic carbocycles. The SMILES string of the molecule is CC1(C)CCC(Oc2ccc(N)cc2C(=O)O)CC1. The van der Waals surface area contributed by atoms with Crippen molar-refractivity contribution in [2.75, 3.05) is 5.73 Å². The van der Waals surface area contributed by atoms with Gasteiger partial charge >= 0.3 is 5.97 Å². The number of carboxylic acids is 1. The molecule has 4 nitrogen and oxygen atoms in total. The second kappa shape index (κ2) is 5.11. The molecule has 1 fully saturated rings. The molecule has 1 saturated carbocycles. The first kappa shape index (κ1) is 13.7. The normalized spacial score (nSPS) is 19.1. The highest BCUT2D eigenvalue weighted by molar-refractivity contribution is 5.92. The molecular weight excluding hydrogens is 242 g/mol. The van der Waals surface area contributed by atoms with Crippen LogP contribution in [0, 0.1) is 5.41 Å². The van der Waals surface area contributed by atoms with E-state index in [4.69, 9.17) is 15.6 Å². The minimum Gasteiger partial charge on any atom is -0.490 e. The fourth-order valence-corrected chi connectivity index (χ4v) is 2.49. The molecule has 1 aliphatic rings. The van der Waals surface area contributed by atoms with Crippen LogP contribution >= 0.6 is 0 Å². The van der Waals surface area contributed by atoms with Gasteiger partial charge in [0.05, 0.1) is 6.10 Å². The Labute approximate surface area is 113 Å². The quantitative estimate of drug-likeness (QED) is 0.820. The maximum absolute atomic E-state index is 11.2. The van der Waals surface area contributed by atoms with Gasteiger partial charge in [-0.3, -0.25) is 0 Å². The van der Waals surface area contributed by atoms with E-state index in [9.17, 15) is 4.79 Å². The highest BCUT2D eigenvalue weighted by Gasteiger charge is 2.28. The molecule has 0 atom stereocenters. The maximum Gasteiger partial charge on any atom is 0.339 e. The van der Waals surface area contributed by atoms with Gasteiger partial charge in [-0.1, -0.05) is 13.8 Å². The zero-order chi connectivity index (χ0) is 14.0. The minimum atomic E-state index is -1.00. The number of nitrogens with two attached hydrogens (primary N) is 1. The summed E-state index contributed by atoms with van der Waals surface area (Å²) in [5.74, 6) is -0.579. The van der Waals surface area contributed by atoms with E-state index in [0.29, 0.717) is 16.9 Å². The number of hydrogen-bond donors (Lipinski definition) is 2. The highest BCUT2D eigenvalue weighted by atomic mass is 16.5. The summed E-state index contributed by atoms with van der Waals surface area (Å²) in [4.78, 5) is 11.2. The summed E-state index contributed by atoms with van der Waals surface area (Å²) < 4.78 is 5.86. The summed E-state index contributed by atoms with van der Waals surface area (Å²) in [6.45, 7) is 4.52. The molecule has 0 aromatic heterocycles. The Morgan fingerprint density at radius 2 is 2.00 bits per heavy atom. The van der Waals surface area contributed by atoms with E-state index < -0.39 is 5.97 Å². The lowest BCUT2D eigenvalue weighted by molar-refractivity contribution is 0.0674. The topological polar surface area (TPSA) is 72.5 Å². The molecule has 0 radical (unpaired) electrons. The van der Waals surface area contributed by atoms with Crippen LogP contribution in [0.5, 0.6) is 5.75 Å². The van der Waals surface area contributed by atoms with Crippen molar-refractivity contribution in [1.82, 2.24) is 0 Å². The van der Waals surface area contributed by atoms with Crippen molar-refractivity contribution in [3.05, 3.63) is 23.8 Å². The predicted octanol–water partition coefficient (Wildman–Crippen LogP) is 3.31. The average Bonchev–Trinajstić information content (AvgIpc) is 2.33. The zero-order valence-electron chi connectivity index (χ0n) is 11.5. The molecule has 3 N–H and O–H groups in total. The number of anilines is 1. The van der Waals surface area contributed by atoms with Gasteiger partial charge in [-0.15, -0.1) is 0 Å². The summed E-state index contributed by atoms with van der Waals surface area (Å²) >= 11 is 0. The number of carbonyl (C=O) groups is 1. The molecule has 4 heteroatoms. The molecule has 0 bridgehead atoms. The van der Waals surface area contributed by atoms with Crippen molar-refractivity contribution in [2.45, 2.75) is 45.6 Å². The summed E-state index contributed by atoms with van der Waals surface area (Å²) in [6, 6.07) is 4.78. The molecule has 19 heavy (non-hydrogen) atoms. The molecule has 0 heterocycles. The average molecular weight is 263 g/mol. The molecule has 0 amide bonds. The van der Waals surface area contributed by atoms with Crippen LogP contribution in [0.4, 0.5) is 5.69 Å². The van der Waals surface area contributed by atoms with Crippen LogP contribution in [0.25, 0.3) is 0 Å². The van der Waals surface area contributed by atoms with E-state index in [-0.39, 0.29) is 11.7 Å². The number of aromatic carboxylic acids is 1. The van der Waals surface area contributed by atoms with Gasteiger partial charge in [0.2, 0.25) is 0 Å². The summed E-state index contributed by atoms with van der Waals surface area (Å²) in [7, 11) is 0. The largest absolute Gasteiger partial charge is 0.490 e. The van der Waals surface area contributed by atoms with E-state index in [1.807, 2.05) is 0 Å². The van der Waals surface area contributed by atoms with Crippen molar-refractivity contribution in [3.8, 4) is 5.75 Å². The molecule has 104 valence electrons. The second-order valence-corrected chi connectivity index (χ2v) is 6.04. The Balaban J connectivity index is 2.10. The van der Waals surface area contributed by atoms with Gasteiger partial charge < -0.3 is 15.6 Å². The Morgan fingerprint density at radius 1 is 1.37 bits per heavy atom. The Morgan fingerprint density at radius 3 is 2.58 bits per heavy atom. The van der Waals surface area contributed by atoms with Crippen LogP contribution in [0.15, 0.2) is 18.2 Å². The van der Waals surface area contributed by atoms with E-state index in [0.717, 1.165) is 25.7 Å². The summed E-state index contributed by atoms with van der Waals surface area (Å²) in [5.41, 5.74) is 6.57. The van der Waals surface area contributed by atoms with Crippen molar-refractivity contribution in [1.29, 1.82) is 0 Å². The lowest BCUT2D eigenvalue weighted by atomic mass is 9.76. The molecule has 0 unspecified atom stereocenters. The van der Waals surface area contributed by atoms with Crippen LogP contribution in [-0.4, -0.2) is 17.2 Å². The van der Waals surface area contributed by atoms with Crippen LogP contribution < -0.4 is 10.5 Å². The standard InChI is InChI=1S/C15H21NO3/c1-15(2)7-5-11(6-8-15)19-13-4-3-10(16)9-12(13)14(17)18/h3-4,9,11H,5-8,16H2,1-2H3,(H,17,18). The third-order valence-electron chi connectivity index (χ3n) is 3.81. The first-order valence-electron chi connectivity index (χ1n) is 6.67. The van der Waals surface area contributed by atoms with E-state index in [1.165, 1.54) is 6.07 Å². The number of hydrogen-bond acceptors (Lipinski definition) is 3. The first-order valence-corrected chi connectivity index (χ1v) is 6.67. The fraction of sp³-hybridized carbons (Fsp3) is 0.533. The van der Waals surface area contributed by atoms with Gasteiger partial charge in [0, 0.05) is 5.69 Å². The minimum absolute atomic E-state index is 0.106. The van der Waals surface area contributed by atoms with Gasteiger partial charge in [0.25, 0.3) is 0 Å². The fourth-order valence-electron chi connectivity index (χ4n) is 2.49. The molecule has 0 saturated heterocycles. The van der Waals surface area contributed by atoms with Crippen LogP contribution in [0.3, 0.4) is 0 Å². The van der Waals surface area contributed by atoms with Crippen LogP contribution in [-0.2, 0) is 0 Å². The van der Waals surface area contributed by atoms with Crippen molar-refractivity contribution in [2.24, 2.45) is 5.41 Å². The number of carboxylic acid groups (broad SMARTS) is 1. The lowest BCUT2D eigenvalue weighted by Crippen LogP contribution is -2.28. The third kappa shape index (κ3) is 3.40. The summed E-state index contributed by atoms with van der Waals surface area (Å²) in [5, 5.41) is 9.17. The van der Waals surface area contributed by atoms with Gasteiger partial charge in [-0.2, -0.15) is 0 Å². The Kier molecular flexibility index (Phi) is 3.69. The van der Waals surface area contributed by atoms with Gasteiger partial charge in [0.15, 0.2) is 0 Å². The molecule has 2 rings (SSSR count). The van der Waals surface area contributed by atoms with Crippen molar-refractivity contribution >= 4 is 11.7 Å². The second-order valence-electron chi connectivity index (χ2n) is 6.04. The van der Waals surface area contributed by atoms with E-state index in [2.05, 4.69) is 13.8 Å². The Bertz CT molecular complexity index is 472. The van der Waals surface area contributed by atoms with E-state index >= 15 is 0 Å². The number of ether oxygens (including phenoxy) is 1. The zero-order valence-corrected chi connectivity index (χ0v) is 11.5. The van der Waals surface area contributed by atoms with Crippen LogP contribution in [0.1, 0.15) is 49.9 Å². The van der Waals surface area contributed by atoms with Gasteiger partial charge in [-0.25, -0.2) is 4.79 Å².